The molecule has 2 N–H and O–H groups in total. The normalized spacial score (nSPS) is 14.7. The summed E-state index contributed by atoms with van der Waals surface area (Å²) in [6.45, 7) is 7.74. The first kappa shape index (κ1) is 18.7. The summed E-state index contributed by atoms with van der Waals surface area (Å²) < 4.78 is 16.8. The third kappa shape index (κ3) is 3.33. The number of piperazine rings is 1. The fraction of sp³-hybridized carbons (Fsp3) is 0.318. The SMILES string of the molecule is CC(C)n1ncc2ccc3cnc(Nc4ccc(N5CCNCC5)cc4F)nc3c21. The predicted octanol–water partition coefficient (Wildman–Crippen LogP) is 3.85. The van der Waals surface area contributed by atoms with Gasteiger partial charge in [0.1, 0.15) is 11.3 Å². The van der Waals surface area contributed by atoms with Crippen LogP contribution in [0.4, 0.5) is 21.7 Å². The van der Waals surface area contributed by atoms with Crippen molar-refractivity contribution in [2.75, 3.05) is 36.4 Å². The lowest BCUT2D eigenvalue weighted by Gasteiger charge is -2.29. The summed E-state index contributed by atoms with van der Waals surface area (Å²) in [4.78, 5) is 11.3. The zero-order valence-electron chi connectivity index (χ0n) is 17.1. The lowest BCUT2D eigenvalue weighted by molar-refractivity contribution is 0.552. The molecule has 2 aromatic carbocycles. The van der Waals surface area contributed by atoms with E-state index in [0.717, 1.165) is 53.7 Å². The number of hydrogen-bond acceptors (Lipinski definition) is 6. The van der Waals surface area contributed by atoms with E-state index in [-0.39, 0.29) is 11.9 Å². The predicted molar refractivity (Wildman–Crippen MR) is 118 cm³/mol. The minimum atomic E-state index is -0.319. The van der Waals surface area contributed by atoms with Gasteiger partial charge in [-0.1, -0.05) is 12.1 Å². The molecule has 0 amide bonds. The summed E-state index contributed by atoms with van der Waals surface area (Å²) in [5.74, 6) is 0.0421. The second-order valence-electron chi connectivity index (χ2n) is 7.84. The Morgan fingerprint density at radius 3 is 2.63 bits per heavy atom. The van der Waals surface area contributed by atoms with Gasteiger partial charge in [0.05, 0.1) is 17.4 Å². The van der Waals surface area contributed by atoms with Crippen molar-refractivity contribution in [1.82, 2.24) is 25.1 Å². The molecule has 1 aliphatic heterocycles. The van der Waals surface area contributed by atoms with Gasteiger partial charge < -0.3 is 15.5 Å². The number of fused-ring (bicyclic) bond motifs is 3. The van der Waals surface area contributed by atoms with Crippen molar-refractivity contribution >= 4 is 39.1 Å². The standard InChI is InChI=1S/C22H24FN7/c1-14(2)30-21-16(13-26-30)4-3-15-12-25-22(28-20(15)21)27-19-6-5-17(11-18(19)23)29-9-7-24-8-10-29/h3-6,11-14,24H,7-10H2,1-2H3,(H,25,27,28). The maximum Gasteiger partial charge on any atom is 0.227 e. The van der Waals surface area contributed by atoms with E-state index >= 15 is 0 Å². The molecule has 0 saturated carbocycles. The summed E-state index contributed by atoms with van der Waals surface area (Å²) in [5.41, 5.74) is 3.01. The quantitative estimate of drug-likeness (QED) is 0.537. The Labute approximate surface area is 173 Å². The Morgan fingerprint density at radius 1 is 1.07 bits per heavy atom. The van der Waals surface area contributed by atoms with Gasteiger partial charge in [-0.25, -0.2) is 14.4 Å². The first-order chi connectivity index (χ1) is 14.6. The van der Waals surface area contributed by atoms with E-state index in [9.17, 15) is 4.39 Å². The molecule has 8 heteroatoms. The lowest BCUT2D eigenvalue weighted by atomic mass is 10.2. The van der Waals surface area contributed by atoms with Crippen LogP contribution in [0, 0.1) is 5.82 Å². The molecule has 0 aliphatic carbocycles. The number of anilines is 3. The van der Waals surface area contributed by atoms with E-state index in [2.05, 4.69) is 39.5 Å². The van der Waals surface area contributed by atoms with Crippen molar-refractivity contribution in [1.29, 1.82) is 0 Å². The van der Waals surface area contributed by atoms with Crippen LogP contribution < -0.4 is 15.5 Å². The van der Waals surface area contributed by atoms with Crippen molar-refractivity contribution in [2.45, 2.75) is 19.9 Å². The molecule has 0 radical (unpaired) electrons. The average Bonchev–Trinajstić information content (AvgIpc) is 3.21. The van der Waals surface area contributed by atoms with Gasteiger partial charge in [-0.05, 0) is 32.0 Å². The van der Waals surface area contributed by atoms with E-state index in [0.29, 0.717) is 11.6 Å². The third-order valence-corrected chi connectivity index (χ3v) is 5.48. The molecular formula is C22H24FN7. The first-order valence-electron chi connectivity index (χ1n) is 10.3. The van der Waals surface area contributed by atoms with Crippen molar-refractivity contribution in [2.24, 2.45) is 0 Å². The molecule has 0 atom stereocenters. The van der Waals surface area contributed by atoms with Gasteiger partial charge >= 0.3 is 0 Å². The van der Waals surface area contributed by atoms with Gasteiger partial charge in [-0.2, -0.15) is 5.10 Å². The van der Waals surface area contributed by atoms with Crippen molar-refractivity contribution in [3.05, 3.63) is 48.5 Å². The highest BCUT2D eigenvalue weighted by Crippen LogP contribution is 2.28. The largest absolute Gasteiger partial charge is 0.369 e. The molecular weight excluding hydrogens is 381 g/mol. The van der Waals surface area contributed by atoms with Crippen molar-refractivity contribution in [3.8, 4) is 0 Å². The number of rotatable bonds is 4. The molecule has 0 spiro atoms. The number of halogens is 1. The van der Waals surface area contributed by atoms with Crippen LogP contribution in [0.1, 0.15) is 19.9 Å². The monoisotopic (exact) mass is 405 g/mol. The zero-order chi connectivity index (χ0) is 20.7. The Balaban J connectivity index is 1.49. The summed E-state index contributed by atoms with van der Waals surface area (Å²) in [6.07, 6.45) is 3.60. The highest BCUT2D eigenvalue weighted by atomic mass is 19.1. The molecule has 0 unspecified atom stereocenters. The molecule has 7 nitrogen and oxygen atoms in total. The Kier molecular flexibility index (Phi) is 4.71. The summed E-state index contributed by atoms with van der Waals surface area (Å²) in [7, 11) is 0. The second kappa shape index (κ2) is 7.53. The molecule has 1 saturated heterocycles. The second-order valence-corrected chi connectivity index (χ2v) is 7.84. The molecule has 4 aromatic rings. The van der Waals surface area contributed by atoms with Crippen molar-refractivity contribution in [3.63, 3.8) is 0 Å². The molecule has 30 heavy (non-hydrogen) atoms. The van der Waals surface area contributed by atoms with E-state index in [1.54, 1.807) is 18.3 Å². The minimum absolute atomic E-state index is 0.203. The summed E-state index contributed by atoms with van der Waals surface area (Å²) in [6, 6.07) is 9.46. The van der Waals surface area contributed by atoms with Gasteiger partial charge in [-0.3, -0.25) is 4.68 Å². The van der Waals surface area contributed by atoms with Gasteiger partial charge in [0, 0.05) is 54.9 Å². The van der Waals surface area contributed by atoms with Crippen LogP contribution >= 0.6 is 0 Å². The van der Waals surface area contributed by atoms with E-state index in [1.807, 2.05) is 29.1 Å². The number of nitrogens with one attached hydrogen (secondary N) is 2. The van der Waals surface area contributed by atoms with E-state index in [1.165, 1.54) is 0 Å². The van der Waals surface area contributed by atoms with Gasteiger partial charge in [-0.15, -0.1) is 0 Å². The van der Waals surface area contributed by atoms with Crippen LogP contribution in [0.5, 0.6) is 0 Å². The molecule has 0 bridgehead atoms. The van der Waals surface area contributed by atoms with Crippen LogP contribution in [-0.2, 0) is 0 Å². The highest BCUT2D eigenvalue weighted by molar-refractivity contribution is 6.03. The topological polar surface area (TPSA) is 70.9 Å². The third-order valence-electron chi connectivity index (χ3n) is 5.48. The molecule has 5 rings (SSSR count). The van der Waals surface area contributed by atoms with E-state index in [4.69, 9.17) is 4.98 Å². The smallest absolute Gasteiger partial charge is 0.227 e. The molecule has 1 aliphatic rings. The Morgan fingerprint density at radius 2 is 1.87 bits per heavy atom. The van der Waals surface area contributed by atoms with Gasteiger partial charge in [0.15, 0.2) is 0 Å². The van der Waals surface area contributed by atoms with Crippen LogP contribution in [-0.4, -0.2) is 45.9 Å². The maximum absolute atomic E-state index is 14.8. The lowest BCUT2D eigenvalue weighted by Crippen LogP contribution is -2.43. The van der Waals surface area contributed by atoms with E-state index < -0.39 is 0 Å². The van der Waals surface area contributed by atoms with Crippen LogP contribution in [0.2, 0.25) is 0 Å². The minimum Gasteiger partial charge on any atom is -0.369 e. The van der Waals surface area contributed by atoms with Gasteiger partial charge in [0.2, 0.25) is 5.95 Å². The number of nitrogens with zero attached hydrogens (tertiary/aromatic N) is 5. The molecule has 2 aromatic heterocycles. The average molecular weight is 405 g/mol. The number of aromatic nitrogens is 4. The number of benzene rings is 2. The van der Waals surface area contributed by atoms with Crippen LogP contribution in [0.25, 0.3) is 21.8 Å². The fourth-order valence-corrected chi connectivity index (χ4v) is 3.92. The highest BCUT2D eigenvalue weighted by Gasteiger charge is 2.15. The summed E-state index contributed by atoms with van der Waals surface area (Å²) in [5, 5.41) is 12.8. The van der Waals surface area contributed by atoms with Crippen LogP contribution in [0.3, 0.4) is 0 Å². The summed E-state index contributed by atoms with van der Waals surface area (Å²) >= 11 is 0. The Hall–Kier alpha value is -3.26. The van der Waals surface area contributed by atoms with Gasteiger partial charge in [0.25, 0.3) is 0 Å². The van der Waals surface area contributed by atoms with Crippen LogP contribution in [0.15, 0.2) is 42.7 Å². The Bertz CT molecular complexity index is 1210. The molecule has 1 fully saturated rings. The van der Waals surface area contributed by atoms with Crippen molar-refractivity contribution < 1.29 is 4.39 Å². The number of hydrogen-bond donors (Lipinski definition) is 2. The molecule has 3 heterocycles. The fourth-order valence-electron chi connectivity index (χ4n) is 3.92. The first-order valence-corrected chi connectivity index (χ1v) is 10.3. The molecule has 154 valence electrons. The zero-order valence-corrected chi connectivity index (χ0v) is 17.1. The maximum atomic E-state index is 14.8.